The Kier molecular flexibility index (Phi) is 3.16. The number of benzene rings is 2. The summed E-state index contributed by atoms with van der Waals surface area (Å²) in [5.74, 6) is 0.890. The first-order valence-electron chi connectivity index (χ1n) is 6.62. The van der Waals surface area contributed by atoms with E-state index in [2.05, 4.69) is 73.2 Å². The number of rotatable bonds is 2. The van der Waals surface area contributed by atoms with Gasteiger partial charge in [0, 0.05) is 21.8 Å². The fourth-order valence-electron chi connectivity index (χ4n) is 2.65. The first-order valence-corrected chi connectivity index (χ1v) is 8.33. The third-order valence-electron chi connectivity index (χ3n) is 3.67. The highest BCUT2D eigenvalue weighted by atomic mass is 79.9. The zero-order valence-electron chi connectivity index (χ0n) is 10.9. The number of para-hydroxylation sites is 1. The molecule has 0 fully saturated rings. The van der Waals surface area contributed by atoms with Crippen LogP contribution in [0.3, 0.4) is 0 Å². The molecule has 0 radical (unpaired) electrons. The summed E-state index contributed by atoms with van der Waals surface area (Å²) < 4.78 is 6.39. The molecule has 0 saturated carbocycles. The van der Waals surface area contributed by atoms with Gasteiger partial charge in [-0.15, -0.1) is 0 Å². The van der Waals surface area contributed by atoms with Crippen LogP contribution in [-0.4, -0.2) is 4.98 Å². The summed E-state index contributed by atoms with van der Waals surface area (Å²) in [7, 11) is 0. The minimum absolute atomic E-state index is 0.0434. The van der Waals surface area contributed by atoms with E-state index in [-0.39, 0.29) is 4.83 Å². The molecule has 2 aromatic heterocycles. The average molecular weight is 405 g/mol. The maximum absolute atomic E-state index is 5.64. The lowest BCUT2D eigenvalue weighted by Gasteiger charge is -2.07. The number of aromatic nitrogens is 1. The topological polar surface area (TPSA) is 28.9 Å². The highest BCUT2D eigenvalue weighted by Gasteiger charge is 2.15. The summed E-state index contributed by atoms with van der Waals surface area (Å²) in [6.07, 6.45) is 0. The number of nitrogens with one attached hydrogen (secondary N) is 1. The van der Waals surface area contributed by atoms with E-state index in [0.29, 0.717) is 0 Å². The highest BCUT2D eigenvalue weighted by molar-refractivity contribution is 9.10. The van der Waals surface area contributed by atoms with Crippen LogP contribution >= 0.6 is 31.9 Å². The van der Waals surface area contributed by atoms with Crippen molar-refractivity contribution in [2.24, 2.45) is 0 Å². The number of aromatic amines is 1. The number of furan rings is 1. The second-order valence-corrected chi connectivity index (χ2v) is 6.68. The number of hydrogen-bond donors (Lipinski definition) is 1. The van der Waals surface area contributed by atoms with Gasteiger partial charge in [-0.05, 0) is 51.8 Å². The number of H-pyrrole nitrogens is 1. The van der Waals surface area contributed by atoms with Crippen LogP contribution in [0.15, 0.2) is 63.7 Å². The number of alkyl halides is 1. The van der Waals surface area contributed by atoms with Crippen molar-refractivity contribution >= 4 is 53.7 Å². The van der Waals surface area contributed by atoms with Crippen LogP contribution < -0.4 is 0 Å². The Labute approximate surface area is 138 Å². The molecule has 0 spiro atoms. The van der Waals surface area contributed by atoms with Crippen LogP contribution in [0, 0.1) is 0 Å². The van der Waals surface area contributed by atoms with Gasteiger partial charge < -0.3 is 9.40 Å². The smallest absolute Gasteiger partial charge is 0.169 e. The standard InChI is InChI=1S/C17H11Br2NO/c18-16-8-7-15(21-16)17(19)10-5-6-14-12(9-10)11-3-1-2-4-13(11)20-14/h1-9,17,20H. The van der Waals surface area contributed by atoms with Crippen molar-refractivity contribution in [3.05, 3.63) is 70.6 Å². The van der Waals surface area contributed by atoms with Crippen LogP contribution in [0.5, 0.6) is 0 Å². The van der Waals surface area contributed by atoms with Crippen molar-refractivity contribution in [3.8, 4) is 0 Å². The third-order valence-corrected chi connectivity index (χ3v) is 5.07. The fourth-order valence-corrected chi connectivity index (χ4v) is 3.50. The van der Waals surface area contributed by atoms with Crippen molar-refractivity contribution in [3.63, 3.8) is 0 Å². The van der Waals surface area contributed by atoms with Gasteiger partial charge in [-0.1, -0.05) is 40.2 Å². The molecule has 0 saturated heterocycles. The lowest BCUT2D eigenvalue weighted by molar-refractivity contribution is 0.497. The summed E-state index contributed by atoms with van der Waals surface area (Å²) >= 11 is 7.07. The largest absolute Gasteiger partial charge is 0.453 e. The number of halogens is 2. The zero-order chi connectivity index (χ0) is 14.4. The van der Waals surface area contributed by atoms with Gasteiger partial charge in [-0.3, -0.25) is 0 Å². The van der Waals surface area contributed by atoms with E-state index in [4.69, 9.17) is 4.42 Å². The van der Waals surface area contributed by atoms with Gasteiger partial charge in [-0.2, -0.15) is 0 Å². The van der Waals surface area contributed by atoms with E-state index in [1.807, 2.05) is 18.2 Å². The molecule has 0 aliphatic rings. The maximum atomic E-state index is 5.64. The van der Waals surface area contributed by atoms with Crippen molar-refractivity contribution in [1.82, 2.24) is 4.98 Å². The van der Waals surface area contributed by atoms with E-state index in [1.54, 1.807) is 0 Å². The molecule has 0 aliphatic heterocycles. The second-order valence-electron chi connectivity index (χ2n) is 4.98. The first kappa shape index (κ1) is 13.2. The average Bonchev–Trinajstić information content (AvgIpc) is 3.09. The summed E-state index contributed by atoms with van der Waals surface area (Å²) in [5, 5.41) is 2.48. The molecule has 0 amide bonds. The molecule has 1 unspecified atom stereocenters. The van der Waals surface area contributed by atoms with Crippen LogP contribution in [0.1, 0.15) is 16.2 Å². The van der Waals surface area contributed by atoms with Crippen LogP contribution in [0.25, 0.3) is 21.8 Å². The summed E-state index contributed by atoms with van der Waals surface area (Å²) in [6.45, 7) is 0. The zero-order valence-corrected chi connectivity index (χ0v) is 14.1. The predicted octanol–water partition coefficient (Wildman–Crippen LogP) is 6.16. The summed E-state index contributed by atoms with van der Waals surface area (Å²) in [5.41, 5.74) is 3.49. The normalized spacial score (nSPS) is 13.0. The Bertz CT molecular complexity index is 938. The van der Waals surface area contributed by atoms with Crippen LogP contribution in [0.2, 0.25) is 0 Å². The van der Waals surface area contributed by atoms with Gasteiger partial charge in [0.25, 0.3) is 0 Å². The molecule has 0 bridgehead atoms. The molecule has 1 N–H and O–H groups in total. The van der Waals surface area contributed by atoms with Gasteiger partial charge in [0.2, 0.25) is 0 Å². The van der Waals surface area contributed by atoms with Crippen LogP contribution in [-0.2, 0) is 0 Å². The Morgan fingerprint density at radius 1 is 0.905 bits per heavy atom. The van der Waals surface area contributed by atoms with Gasteiger partial charge in [0.15, 0.2) is 4.67 Å². The minimum atomic E-state index is 0.0434. The molecular formula is C17H11Br2NO. The monoisotopic (exact) mass is 403 g/mol. The quantitative estimate of drug-likeness (QED) is 0.398. The van der Waals surface area contributed by atoms with Crippen molar-refractivity contribution < 1.29 is 4.42 Å². The Morgan fingerprint density at radius 2 is 1.71 bits per heavy atom. The molecule has 0 aliphatic carbocycles. The number of fused-ring (bicyclic) bond motifs is 3. The maximum Gasteiger partial charge on any atom is 0.169 e. The van der Waals surface area contributed by atoms with E-state index >= 15 is 0 Å². The van der Waals surface area contributed by atoms with E-state index in [1.165, 1.54) is 16.3 Å². The molecule has 2 aromatic carbocycles. The van der Waals surface area contributed by atoms with Gasteiger partial charge in [-0.25, -0.2) is 0 Å². The lowest BCUT2D eigenvalue weighted by atomic mass is 10.1. The van der Waals surface area contributed by atoms with Gasteiger partial charge in [0.05, 0.1) is 4.83 Å². The van der Waals surface area contributed by atoms with Gasteiger partial charge >= 0.3 is 0 Å². The van der Waals surface area contributed by atoms with Crippen molar-refractivity contribution in [2.75, 3.05) is 0 Å². The lowest BCUT2D eigenvalue weighted by Crippen LogP contribution is -1.90. The van der Waals surface area contributed by atoms with Gasteiger partial charge in [0.1, 0.15) is 5.76 Å². The van der Waals surface area contributed by atoms with E-state index < -0.39 is 0 Å². The van der Waals surface area contributed by atoms with E-state index in [0.717, 1.165) is 21.5 Å². The third kappa shape index (κ3) is 2.23. The minimum Gasteiger partial charge on any atom is -0.453 e. The SMILES string of the molecule is Brc1ccc(C(Br)c2ccc3[nH]c4ccccc4c3c2)o1. The second kappa shape index (κ2) is 5.04. The number of hydrogen-bond acceptors (Lipinski definition) is 1. The summed E-state index contributed by atoms with van der Waals surface area (Å²) in [4.78, 5) is 3.49. The first-order chi connectivity index (χ1) is 10.2. The molecule has 2 nitrogen and oxygen atoms in total. The molecule has 1 atom stereocenters. The molecule has 4 heteroatoms. The van der Waals surface area contributed by atoms with E-state index in [9.17, 15) is 0 Å². The van der Waals surface area contributed by atoms with Crippen molar-refractivity contribution in [2.45, 2.75) is 4.83 Å². The predicted molar refractivity (Wildman–Crippen MR) is 93.0 cm³/mol. The fraction of sp³-hybridized carbons (Fsp3) is 0.0588. The highest BCUT2D eigenvalue weighted by Crippen LogP contribution is 2.36. The summed E-state index contributed by atoms with van der Waals surface area (Å²) in [6, 6.07) is 18.7. The molecule has 21 heavy (non-hydrogen) atoms. The Hall–Kier alpha value is -1.52. The Balaban J connectivity index is 1.88. The molecule has 4 aromatic rings. The molecule has 104 valence electrons. The van der Waals surface area contributed by atoms with Crippen LogP contribution in [0.4, 0.5) is 0 Å². The molecular weight excluding hydrogens is 394 g/mol. The molecule has 2 heterocycles. The molecule has 4 rings (SSSR count). The Morgan fingerprint density at radius 3 is 2.52 bits per heavy atom. The van der Waals surface area contributed by atoms with Crippen molar-refractivity contribution in [1.29, 1.82) is 0 Å².